The van der Waals surface area contributed by atoms with Crippen molar-refractivity contribution in [2.75, 3.05) is 0 Å². The summed E-state index contributed by atoms with van der Waals surface area (Å²) in [6.07, 6.45) is -2.63. The van der Waals surface area contributed by atoms with E-state index in [2.05, 4.69) is 0 Å². The van der Waals surface area contributed by atoms with Crippen molar-refractivity contribution in [2.45, 2.75) is 12.5 Å². The first-order valence-corrected chi connectivity index (χ1v) is 4.26. The van der Waals surface area contributed by atoms with Crippen molar-refractivity contribution in [3.05, 3.63) is 33.8 Å². The largest absolute Gasteiger partial charge is 0.319 e. The van der Waals surface area contributed by atoms with Crippen LogP contribution >= 0.6 is 35.6 Å². The smallest absolute Gasteiger partial charge is 0.257 e. The van der Waals surface area contributed by atoms with Crippen LogP contribution in [0.15, 0.2) is 18.2 Å². The molecule has 0 aliphatic carbocycles. The van der Waals surface area contributed by atoms with Gasteiger partial charge in [-0.2, -0.15) is 0 Å². The zero-order valence-electron chi connectivity index (χ0n) is 6.88. The molecule has 0 radical (unpaired) electrons. The lowest BCUT2D eigenvalue weighted by molar-refractivity contribution is 0.116. The summed E-state index contributed by atoms with van der Waals surface area (Å²) in [5.74, 6) is 0. The summed E-state index contributed by atoms with van der Waals surface area (Å²) in [6, 6.07) is 2.91. The number of benzene rings is 1. The molecule has 1 aromatic carbocycles. The first kappa shape index (κ1) is 13.9. The molecule has 0 aromatic heterocycles. The third-order valence-corrected chi connectivity index (χ3v) is 2.16. The Morgan fingerprint density at radius 2 is 1.79 bits per heavy atom. The predicted octanol–water partition coefficient (Wildman–Crippen LogP) is 3.68. The summed E-state index contributed by atoms with van der Waals surface area (Å²) in [4.78, 5) is 0. The van der Waals surface area contributed by atoms with Crippen molar-refractivity contribution in [1.29, 1.82) is 0 Å². The minimum atomic E-state index is -2.63. The standard InChI is InChI=1S/C8H7Cl2F2N.ClH/c9-4-1-2-5(6(10)3-4)7(13)8(11)12;/h1-3,7-8H,13H2;1H/t7-;/m1./s1. The molecule has 0 spiro atoms. The topological polar surface area (TPSA) is 26.0 Å². The summed E-state index contributed by atoms with van der Waals surface area (Å²) in [5, 5.41) is 0.565. The van der Waals surface area contributed by atoms with Crippen LogP contribution in [0.4, 0.5) is 8.78 Å². The summed E-state index contributed by atoms with van der Waals surface area (Å²) in [6.45, 7) is 0. The highest BCUT2D eigenvalue weighted by atomic mass is 35.5. The number of halogens is 5. The van der Waals surface area contributed by atoms with E-state index in [9.17, 15) is 8.78 Å². The molecular formula is C8H8Cl3F2N. The molecule has 2 N–H and O–H groups in total. The molecule has 0 saturated carbocycles. The van der Waals surface area contributed by atoms with Crippen LogP contribution in [-0.4, -0.2) is 6.43 Å². The molecule has 6 heteroatoms. The van der Waals surface area contributed by atoms with Gasteiger partial charge in [-0.1, -0.05) is 29.3 Å². The van der Waals surface area contributed by atoms with Gasteiger partial charge in [0.15, 0.2) is 0 Å². The Morgan fingerprint density at radius 1 is 1.21 bits per heavy atom. The molecule has 1 rings (SSSR count). The number of hydrogen-bond donors (Lipinski definition) is 1. The highest BCUT2D eigenvalue weighted by Crippen LogP contribution is 2.27. The van der Waals surface area contributed by atoms with Crippen LogP contribution in [0.3, 0.4) is 0 Å². The third-order valence-electron chi connectivity index (χ3n) is 1.59. The molecule has 0 fully saturated rings. The highest BCUT2D eigenvalue weighted by molar-refractivity contribution is 6.35. The zero-order valence-corrected chi connectivity index (χ0v) is 9.21. The van der Waals surface area contributed by atoms with Gasteiger partial charge in [0.25, 0.3) is 6.43 Å². The van der Waals surface area contributed by atoms with Gasteiger partial charge in [-0.3, -0.25) is 0 Å². The van der Waals surface area contributed by atoms with Crippen molar-refractivity contribution in [3.63, 3.8) is 0 Å². The molecular weight excluding hydrogens is 254 g/mol. The van der Waals surface area contributed by atoms with Crippen LogP contribution in [0.1, 0.15) is 11.6 Å². The second kappa shape index (κ2) is 5.71. The number of nitrogens with two attached hydrogens (primary N) is 1. The van der Waals surface area contributed by atoms with Crippen molar-refractivity contribution >= 4 is 35.6 Å². The molecule has 0 aliphatic rings. The van der Waals surface area contributed by atoms with E-state index in [1.165, 1.54) is 18.2 Å². The van der Waals surface area contributed by atoms with E-state index in [1.54, 1.807) is 0 Å². The summed E-state index contributed by atoms with van der Waals surface area (Å²) in [7, 11) is 0. The van der Waals surface area contributed by atoms with Crippen molar-refractivity contribution < 1.29 is 8.78 Å². The monoisotopic (exact) mass is 261 g/mol. The van der Waals surface area contributed by atoms with Gasteiger partial charge in [-0.15, -0.1) is 12.4 Å². The normalized spacial score (nSPS) is 12.4. The predicted molar refractivity (Wildman–Crippen MR) is 56.6 cm³/mol. The van der Waals surface area contributed by atoms with Gasteiger partial charge in [0, 0.05) is 10.0 Å². The van der Waals surface area contributed by atoms with Gasteiger partial charge in [-0.25, -0.2) is 8.78 Å². The maximum atomic E-state index is 12.2. The SMILES string of the molecule is Cl.N[C@H](c1ccc(Cl)cc1Cl)C(F)F. The van der Waals surface area contributed by atoms with Crippen molar-refractivity contribution in [3.8, 4) is 0 Å². The van der Waals surface area contributed by atoms with E-state index >= 15 is 0 Å². The Kier molecular flexibility index (Phi) is 5.67. The maximum absolute atomic E-state index is 12.2. The lowest BCUT2D eigenvalue weighted by Gasteiger charge is -2.12. The molecule has 1 aromatic rings. The maximum Gasteiger partial charge on any atom is 0.257 e. The van der Waals surface area contributed by atoms with E-state index in [0.717, 1.165) is 0 Å². The molecule has 0 bridgehead atoms. The van der Waals surface area contributed by atoms with Crippen molar-refractivity contribution in [2.24, 2.45) is 5.73 Å². The quantitative estimate of drug-likeness (QED) is 0.864. The summed E-state index contributed by atoms with van der Waals surface area (Å²) < 4.78 is 24.4. The molecule has 0 aliphatic heterocycles. The van der Waals surface area contributed by atoms with Crippen LogP contribution in [-0.2, 0) is 0 Å². The summed E-state index contributed by atoms with van der Waals surface area (Å²) >= 11 is 11.3. The fraction of sp³-hybridized carbons (Fsp3) is 0.250. The number of rotatable bonds is 2. The molecule has 14 heavy (non-hydrogen) atoms. The highest BCUT2D eigenvalue weighted by Gasteiger charge is 2.19. The lowest BCUT2D eigenvalue weighted by atomic mass is 10.1. The average molecular weight is 263 g/mol. The van der Waals surface area contributed by atoms with Crippen LogP contribution in [0, 0.1) is 0 Å². The molecule has 1 nitrogen and oxygen atoms in total. The summed E-state index contributed by atoms with van der Waals surface area (Å²) in [5.41, 5.74) is 5.42. The third kappa shape index (κ3) is 3.24. The van der Waals surface area contributed by atoms with Gasteiger partial charge in [0.1, 0.15) is 0 Å². The van der Waals surface area contributed by atoms with E-state index in [0.29, 0.717) is 5.02 Å². The molecule has 0 amide bonds. The lowest BCUT2D eigenvalue weighted by Crippen LogP contribution is -2.19. The molecule has 80 valence electrons. The van der Waals surface area contributed by atoms with E-state index < -0.39 is 12.5 Å². The fourth-order valence-electron chi connectivity index (χ4n) is 0.908. The number of alkyl halides is 2. The fourth-order valence-corrected chi connectivity index (χ4v) is 1.44. The molecule has 0 saturated heterocycles. The van der Waals surface area contributed by atoms with Crippen LogP contribution in [0.2, 0.25) is 10.0 Å². The van der Waals surface area contributed by atoms with Crippen molar-refractivity contribution in [1.82, 2.24) is 0 Å². The van der Waals surface area contributed by atoms with Gasteiger partial charge < -0.3 is 5.73 Å². The second-order valence-corrected chi connectivity index (χ2v) is 3.37. The van der Waals surface area contributed by atoms with Gasteiger partial charge in [-0.05, 0) is 17.7 Å². The Bertz CT molecular complexity index is 307. The Morgan fingerprint density at radius 3 is 2.21 bits per heavy atom. The second-order valence-electron chi connectivity index (χ2n) is 2.53. The zero-order chi connectivity index (χ0) is 10.0. The molecule has 0 heterocycles. The Hall–Kier alpha value is -0.0900. The number of hydrogen-bond acceptors (Lipinski definition) is 1. The Balaban J connectivity index is 0.00000169. The van der Waals surface area contributed by atoms with Gasteiger partial charge in [0.05, 0.1) is 6.04 Å². The minimum Gasteiger partial charge on any atom is -0.319 e. The first-order valence-electron chi connectivity index (χ1n) is 3.51. The first-order chi connectivity index (χ1) is 6.02. The average Bonchev–Trinajstić information content (AvgIpc) is 2.03. The van der Waals surface area contributed by atoms with E-state index in [4.69, 9.17) is 28.9 Å². The molecule has 0 unspecified atom stereocenters. The molecule has 1 atom stereocenters. The van der Waals surface area contributed by atoms with Crippen LogP contribution in [0.25, 0.3) is 0 Å². The minimum absolute atomic E-state index is 0. The Labute approximate surface area is 96.6 Å². The van der Waals surface area contributed by atoms with Gasteiger partial charge >= 0.3 is 0 Å². The van der Waals surface area contributed by atoms with E-state index in [-0.39, 0.29) is 23.0 Å². The van der Waals surface area contributed by atoms with Crippen LogP contribution in [0.5, 0.6) is 0 Å². The van der Waals surface area contributed by atoms with Crippen LogP contribution < -0.4 is 5.73 Å². The van der Waals surface area contributed by atoms with Gasteiger partial charge in [0.2, 0.25) is 0 Å². The van der Waals surface area contributed by atoms with E-state index in [1.807, 2.05) is 0 Å².